The predicted octanol–water partition coefficient (Wildman–Crippen LogP) is 2.88. The molecule has 0 saturated carbocycles. The van der Waals surface area contributed by atoms with Crippen LogP contribution in [0.5, 0.6) is 0 Å². The highest BCUT2D eigenvalue weighted by Gasteiger charge is 2.30. The fourth-order valence-corrected chi connectivity index (χ4v) is 4.96. The van der Waals surface area contributed by atoms with Gasteiger partial charge in [0, 0.05) is 37.1 Å². The SMILES string of the molecule is CCc1ccc(S(=O)(=O)N2CCN(C(=O)c3cc4ccccc4[nH]3)CC2)cc1. The molecule has 1 amide bonds. The zero-order chi connectivity index (χ0) is 19.7. The molecule has 0 bridgehead atoms. The number of piperazine rings is 1. The topological polar surface area (TPSA) is 73.5 Å². The molecule has 1 aromatic heterocycles. The molecule has 1 aliphatic rings. The second kappa shape index (κ2) is 7.41. The van der Waals surface area contributed by atoms with Gasteiger partial charge in [-0.2, -0.15) is 4.31 Å². The summed E-state index contributed by atoms with van der Waals surface area (Å²) < 4.78 is 27.2. The van der Waals surface area contributed by atoms with Crippen molar-refractivity contribution in [3.63, 3.8) is 0 Å². The van der Waals surface area contributed by atoms with Crippen molar-refractivity contribution in [2.24, 2.45) is 0 Å². The summed E-state index contributed by atoms with van der Waals surface area (Å²) in [5, 5.41) is 0.989. The van der Waals surface area contributed by atoms with Gasteiger partial charge in [0.1, 0.15) is 5.69 Å². The minimum Gasteiger partial charge on any atom is -0.351 e. The Bertz CT molecular complexity index is 1060. The van der Waals surface area contributed by atoms with Crippen molar-refractivity contribution in [3.8, 4) is 0 Å². The lowest BCUT2D eigenvalue weighted by Gasteiger charge is -2.33. The van der Waals surface area contributed by atoms with Gasteiger partial charge < -0.3 is 9.88 Å². The molecule has 146 valence electrons. The molecular formula is C21H23N3O3S. The van der Waals surface area contributed by atoms with Gasteiger partial charge in [-0.15, -0.1) is 0 Å². The van der Waals surface area contributed by atoms with Crippen LogP contribution in [0.4, 0.5) is 0 Å². The smallest absolute Gasteiger partial charge is 0.270 e. The second-order valence-corrected chi connectivity index (χ2v) is 8.90. The van der Waals surface area contributed by atoms with E-state index >= 15 is 0 Å². The molecule has 1 aliphatic heterocycles. The van der Waals surface area contributed by atoms with Crippen molar-refractivity contribution in [2.75, 3.05) is 26.2 Å². The fourth-order valence-electron chi connectivity index (χ4n) is 3.54. The Kier molecular flexibility index (Phi) is 4.95. The third-order valence-corrected chi connectivity index (χ3v) is 7.17. The van der Waals surface area contributed by atoms with E-state index in [-0.39, 0.29) is 5.91 Å². The standard InChI is InChI=1S/C21H23N3O3S/c1-2-16-7-9-18(10-8-16)28(26,27)24-13-11-23(12-14-24)21(25)20-15-17-5-3-4-6-19(17)22-20/h3-10,15,22H,2,11-14H2,1H3. The van der Waals surface area contributed by atoms with Gasteiger partial charge in [0.05, 0.1) is 4.90 Å². The largest absolute Gasteiger partial charge is 0.351 e. The first-order valence-corrected chi connectivity index (χ1v) is 10.9. The number of nitrogens with zero attached hydrogens (tertiary/aromatic N) is 2. The Morgan fingerprint density at radius 3 is 2.32 bits per heavy atom. The van der Waals surface area contributed by atoms with Crippen molar-refractivity contribution in [3.05, 3.63) is 65.9 Å². The number of amides is 1. The van der Waals surface area contributed by atoms with Gasteiger partial charge in [0.25, 0.3) is 5.91 Å². The quantitative estimate of drug-likeness (QED) is 0.736. The molecule has 1 saturated heterocycles. The molecule has 1 fully saturated rings. The van der Waals surface area contributed by atoms with Crippen LogP contribution in [0.1, 0.15) is 23.0 Å². The van der Waals surface area contributed by atoms with Crippen molar-refractivity contribution in [2.45, 2.75) is 18.2 Å². The third-order valence-electron chi connectivity index (χ3n) is 5.26. The van der Waals surface area contributed by atoms with Crippen LogP contribution in [0.25, 0.3) is 10.9 Å². The summed E-state index contributed by atoms with van der Waals surface area (Å²) in [6, 6.07) is 16.6. The Balaban J connectivity index is 1.45. The summed E-state index contributed by atoms with van der Waals surface area (Å²) in [7, 11) is -3.53. The number of sulfonamides is 1. The number of hydrogen-bond acceptors (Lipinski definition) is 3. The van der Waals surface area contributed by atoms with Crippen molar-refractivity contribution in [1.29, 1.82) is 0 Å². The zero-order valence-electron chi connectivity index (χ0n) is 15.8. The van der Waals surface area contributed by atoms with E-state index in [4.69, 9.17) is 0 Å². The van der Waals surface area contributed by atoms with Gasteiger partial charge >= 0.3 is 0 Å². The van der Waals surface area contributed by atoms with Crippen LogP contribution in [0.2, 0.25) is 0 Å². The monoisotopic (exact) mass is 397 g/mol. The molecule has 28 heavy (non-hydrogen) atoms. The Morgan fingerprint density at radius 2 is 1.68 bits per heavy atom. The highest BCUT2D eigenvalue weighted by Crippen LogP contribution is 2.20. The third kappa shape index (κ3) is 3.43. The molecular weight excluding hydrogens is 374 g/mol. The first kappa shape index (κ1) is 18.7. The molecule has 0 aliphatic carbocycles. The van der Waals surface area contributed by atoms with Crippen molar-refractivity contribution >= 4 is 26.8 Å². The van der Waals surface area contributed by atoms with Crippen LogP contribution in [-0.2, 0) is 16.4 Å². The van der Waals surface area contributed by atoms with Crippen LogP contribution in [0.15, 0.2) is 59.5 Å². The highest BCUT2D eigenvalue weighted by atomic mass is 32.2. The summed E-state index contributed by atoms with van der Waals surface area (Å²) in [6.45, 7) is 3.38. The van der Waals surface area contributed by atoms with Gasteiger partial charge in [-0.05, 0) is 36.2 Å². The Labute approximate surface area is 164 Å². The van der Waals surface area contributed by atoms with E-state index in [0.29, 0.717) is 36.8 Å². The molecule has 0 atom stereocenters. The van der Waals surface area contributed by atoms with Gasteiger partial charge in [-0.25, -0.2) is 8.42 Å². The first-order chi connectivity index (χ1) is 13.5. The minimum absolute atomic E-state index is 0.0967. The lowest BCUT2D eigenvalue weighted by Crippen LogP contribution is -2.50. The lowest BCUT2D eigenvalue weighted by atomic mass is 10.2. The Morgan fingerprint density at radius 1 is 1.00 bits per heavy atom. The average molecular weight is 398 g/mol. The van der Waals surface area contributed by atoms with E-state index in [0.717, 1.165) is 22.9 Å². The van der Waals surface area contributed by atoms with Gasteiger partial charge in [-0.1, -0.05) is 37.3 Å². The fraction of sp³-hybridized carbons (Fsp3) is 0.286. The van der Waals surface area contributed by atoms with E-state index in [9.17, 15) is 13.2 Å². The number of aromatic amines is 1. The molecule has 3 aromatic rings. The maximum absolute atomic E-state index is 12.9. The molecule has 2 heterocycles. The maximum atomic E-state index is 12.9. The molecule has 6 nitrogen and oxygen atoms in total. The van der Waals surface area contributed by atoms with E-state index in [1.54, 1.807) is 17.0 Å². The first-order valence-electron chi connectivity index (χ1n) is 9.45. The Hall–Kier alpha value is -2.64. The number of para-hydroxylation sites is 1. The van der Waals surface area contributed by atoms with Crippen molar-refractivity contribution < 1.29 is 13.2 Å². The average Bonchev–Trinajstić information content (AvgIpc) is 3.17. The van der Waals surface area contributed by atoms with Gasteiger partial charge in [0.2, 0.25) is 10.0 Å². The zero-order valence-corrected chi connectivity index (χ0v) is 16.6. The number of carbonyl (C=O) groups is 1. The normalized spacial score (nSPS) is 15.8. The molecule has 0 spiro atoms. The summed E-state index contributed by atoms with van der Waals surface area (Å²) in [6.07, 6.45) is 0.870. The highest BCUT2D eigenvalue weighted by molar-refractivity contribution is 7.89. The van der Waals surface area contributed by atoms with Crippen molar-refractivity contribution in [1.82, 2.24) is 14.2 Å². The number of aromatic nitrogens is 1. The summed E-state index contributed by atoms with van der Waals surface area (Å²) >= 11 is 0. The van der Waals surface area contributed by atoms with Crippen LogP contribution in [-0.4, -0.2) is 54.7 Å². The number of rotatable bonds is 4. The van der Waals surface area contributed by atoms with E-state index in [1.165, 1.54) is 4.31 Å². The summed E-state index contributed by atoms with van der Waals surface area (Å²) in [4.78, 5) is 18.0. The number of carbonyl (C=O) groups excluding carboxylic acids is 1. The maximum Gasteiger partial charge on any atom is 0.270 e. The number of hydrogen-bond donors (Lipinski definition) is 1. The van der Waals surface area contributed by atoms with Crippen LogP contribution >= 0.6 is 0 Å². The molecule has 0 unspecified atom stereocenters. The number of nitrogens with one attached hydrogen (secondary N) is 1. The molecule has 0 radical (unpaired) electrons. The second-order valence-electron chi connectivity index (χ2n) is 6.96. The van der Waals surface area contributed by atoms with E-state index < -0.39 is 10.0 Å². The van der Waals surface area contributed by atoms with Gasteiger partial charge in [-0.3, -0.25) is 4.79 Å². The van der Waals surface area contributed by atoms with E-state index in [1.807, 2.05) is 49.4 Å². The predicted molar refractivity (Wildman–Crippen MR) is 109 cm³/mol. The lowest BCUT2D eigenvalue weighted by molar-refractivity contribution is 0.0693. The number of benzene rings is 2. The number of aryl methyl sites for hydroxylation is 1. The number of H-pyrrole nitrogens is 1. The molecule has 7 heteroatoms. The van der Waals surface area contributed by atoms with Crippen LogP contribution < -0.4 is 0 Å². The molecule has 2 aromatic carbocycles. The molecule has 1 N–H and O–H groups in total. The number of fused-ring (bicyclic) bond motifs is 1. The minimum atomic E-state index is -3.53. The van der Waals surface area contributed by atoms with E-state index in [2.05, 4.69) is 4.98 Å². The van der Waals surface area contributed by atoms with Gasteiger partial charge in [0.15, 0.2) is 0 Å². The summed E-state index contributed by atoms with van der Waals surface area (Å²) in [5.41, 5.74) is 2.56. The molecule has 4 rings (SSSR count). The van der Waals surface area contributed by atoms with Crippen LogP contribution in [0, 0.1) is 0 Å². The van der Waals surface area contributed by atoms with Crippen LogP contribution in [0.3, 0.4) is 0 Å². The summed E-state index contributed by atoms with van der Waals surface area (Å²) in [5.74, 6) is -0.0967.